The topological polar surface area (TPSA) is 69.4 Å². The van der Waals surface area contributed by atoms with Gasteiger partial charge in [0, 0.05) is 17.3 Å². The molecule has 2 aliphatic carbocycles. The van der Waals surface area contributed by atoms with Crippen LogP contribution >= 0.6 is 0 Å². The van der Waals surface area contributed by atoms with Crippen molar-refractivity contribution in [1.82, 2.24) is 0 Å². The van der Waals surface area contributed by atoms with Crippen molar-refractivity contribution in [2.45, 2.75) is 59.5 Å². The van der Waals surface area contributed by atoms with Crippen molar-refractivity contribution in [3.63, 3.8) is 0 Å². The minimum atomic E-state index is -0.663. The molecule has 0 radical (unpaired) electrons. The highest BCUT2D eigenvalue weighted by Gasteiger charge is 2.61. The number of carbonyl (C=O) groups is 1. The van der Waals surface area contributed by atoms with Crippen LogP contribution in [0, 0.1) is 27.4 Å². The molecule has 0 heterocycles. The highest BCUT2D eigenvalue weighted by molar-refractivity contribution is 5.66. The Morgan fingerprint density at radius 2 is 2.10 bits per heavy atom. The fourth-order valence-electron chi connectivity index (χ4n) is 4.86. The van der Waals surface area contributed by atoms with Crippen molar-refractivity contribution in [2.24, 2.45) is 17.3 Å². The maximum absolute atomic E-state index is 11.3. The van der Waals surface area contributed by atoms with Gasteiger partial charge < -0.3 is 4.74 Å². The quantitative estimate of drug-likeness (QED) is 0.337. The van der Waals surface area contributed by atoms with Gasteiger partial charge in [0.25, 0.3) is 0 Å². The van der Waals surface area contributed by atoms with E-state index in [0.717, 1.165) is 12.8 Å². The molecule has 0 aromatic carbocycles. The summed E-state index contributed by atoms with van der Waals surface area (Å²) in [5.74, 6) is 0.484. The molecule has 2 aliphatic rings. The van der Waals surface area contributed by atoms with Crippen molar-refractivity contribution in [3.8, 4) is 0 Å². The number of esters is 1. The molecule has 3 atom stereocenters. The van der Waals surface area contributed by atoms with Crippen molar-refractivity contribution in [2.75, 3.05) is 6.54 Å². The van der Waals surface area contributed by atoms with Crippen LogP contribution in [-0.2, 0) is 9.53 Å². The third-order valence-corrected chi connectivity index (χ3v) is 5.15. The molecule has 0 N–H and O–H groups in total. The van der Waals surface area contributed by atoms with Crippen molar-refractivity contribution < 1.29 is 14.5 Å². The van der Waals surface area contributed by atoms with Crippen molar-refractivity contribution in [3.05, 3.63) is 21.3 Å². The van der Waals surface area contributed by atoms with E-state index in [9.17, 15) is 14.9 Å². The zero-order valence-corrected chi connectivity index (χ0v) is 13.6. The summed E-state index contributed by atoms with van der Waals surface area (Å²) in [5, 5.41) is 11.2. The highest BCUT2D eigenvalue weighted by Crippen LogP contribution is 2.63. The largest absolute Gasteiger partial charge is 0.460 e. The molecule has 2 rings (SSSR count). The van der Waals surface area contributed by atoms with Gasteiger partial charge in [0.1, 0.15) is 5.60 Å². The molecule has 0 saturated heterocycles. The summed E-state index contributed by atoms with van der Waals surface area (Å²) in [6, 6.07) is 0. The molecule has 0 aromatic rings. The monoisotopic (exact) mass is 295 g/mol. The van der Waals surface area contributed by atoms with E-state index in [-0.39, 0.29) is 28.8 Å². The molecule has 1 saturated carbocycles. The van der Waals surface area contributed by atoms with Gasteiger partial charge in [-0.1, -0.05) is 11.1 Å². The van der Waals surface area contributed by atoms with Crippen LogP contribution in [0.5, 0.6) is 0 Å². The predicted molar refractivity (Wildman–Crippen MR) is 79.3 cm³/mol. The number of rotatable bonds is 5. The van der Waals surface area contributed by atoms with E-state index < -0.39 is 5.60 Å². The average molecular weight is 295 g/mol. The molecular formula is C16H25NO4. The first-order chi connectivity index (χ1) is 9.56. The van der Waals surface area contributed by atoms with E-state index in [2.05, 4.69) is 13.8 Å². The van der Waals surface area contributed by atoms with Gasteiger partial charge in [-0.15, -0.1) is 0 Å². The van der Waals surface area contributed by atoms with Crippen LogP contribution in [0.15, 0.2) is 11.1 Å². The van der Waals surface area contributed by atoms with E-state index >= 15 is 0 Å². The van der Waals surface area contributed by atoms with Crippen LogP contribution < -0.4 is 0 Å². The van der Waals surface area contributed by atoms with Gasteiger partial charge in [-0.3, -0.25) is 14.9 Å². The Morgan fingerprint density at radius 3 is 2.57 bits per heavy atom. The molecule has 0 spiro atoms. The third kappa shape index (κ3) is 2.97. The van der Waals surface area contributed by atoms with Crippen LogP contribution in [0.4, 0.5) is 0 Å². The Balaban J connectivity index is 2.24. The Hall–Kier alpha value is -1.39. The Labute approximate surface area is 125 Å². The van der Waals surface area contributed by atoms with Crippen molar-refractivity contribution in [1.29, 1.82) is 0 Å². The summed E-state index contributed by atoms with van der Waals surface area (Å²) in [7, 11) is 0. The van der Waals surface area contributed by atoms with E-state index in [1.807, 2.05) is 13.8 Å². The summed E-state index contributed by atoms with van der Waals surface area (Å²) in [6.07, 6.45) is 2.47. The minimum Gasteiger partial charge on any atom is -0.460 e. The first-order valence-electron chi connectivity index (χ1n) is 7.54. The van der Waals surface area contributed by atoms with E-state index in [1.54, 1.807) is 0 Å². The molecule has 0 unspecified atom stereocenters. The smallest absolute Gasteiger partial charge is 0.303 e. The maximum Gasteiger partial charge on any atom is 0.303 e. The van der Waals surface area contributed by atoms with Crippen LogP contribution in [0.2, 0.25) is 0 Å². The SMILES string of the molecule is CC(=O)OC(C)(C)C[C@]1(C[N+](=O)[O-])C[C@@H]2CC(C)=C(C)[C@@H]21. The normalized spacial score (nSPS) is 31.7. The number of nitro groups is 1. The van der Waals surface area contributed by atoms with E-state index in [0.29, 0.717) is 12.3 Å². The third-order valence-electron chi connectivity index (χ3n) is 5.15. The summed E-state index contributed by atoms with van der Waals surface area (Å²) in [5.41, 5.74) is 1.66. The minimum absolute atomic E-state index is 0.0382. The van der Waals surface area contributed by atoms with Crippen LogP contribution in [0.25, 0.3) is 0 Å². The van der Waals surface area contributed by atoms with Crippen LogP contribution in [0.3, 0.4) is 0 Å². The van der Waals surface area contributed by atoms with Crippen LogP contribution in [-0.4, -0.2) is 23.0 Å². The lowest BCUT2D eigenvalue weighted by atomic mass is 9.50. The second-order valence-electron chi connectivity index (χ2n) is 7.49. The molecule has 118 valence electrons. The molecule has 5 heteroatoms. The number of ether oxygens (including phenoxy) is 1. The molecule has 5 nitrogen and oxygen atoms in total. The summed E-state index contributed by atoms with van der Waals surface area (Å²) < 4.78 is 5.38. The second-order valence-corrected chi connectivity index (χ2v) is 7.49. The summed E-state index contributed by atoms with van der Waals surface area (Å²) in [4.78, 5) is 22.2. The van der Waals surface area contributed by atoms with Gasteiger partial charge >= 0.3 is 5.97 Å². The number of carbonyl (C=O) groups excluding carboxylic acids is 1. The predicted octanol–water partition coefficient (Wildman–Crippen LogP) is 3.36. The lowest BCUT2D eigenvalue weighted by molar-refractivity contribution is -0.507. The zero-order valence-electron chi connectivity index (χ0n) is 13.6. The van der Waals surface area contributed by atoms with E-state index in [4.69, 9.17) is 4.74 Å². The molecule has 0 bridgehead atoms. The number of hydrogen-bond acceptors (Lipinski definition) is 4. The Kier molecular flexibility index (Phi) is 3.89. The van der Waals surface area contributed by atoms with Gasteiger partial charge in [-0.25, -0.2) is 0 Å². The molecule has 0 aromatic heterocycles. The summed E-state index contributed by atoms with van der Waals surface area (Å²) >= 11 is 0. The lowest BCUT2D eigenvalue weighted by Gasteiger charge is -2.53. The second kappa shape index (κ2) is 5.11. The van der Waals surface area contributed by atoms with Gasteiger partial charge in [0.15, 0.2) is 0 Å². The number of fused-ring (bicyclic) bond motifs is 1. The molecule has 0 aliphatic heterocycles. The van der Waals surface area contributed by atoms with Gasteiger partial charge in [-0.05, 0) is 58.8 Å². The van der Waals surface area contributed by atoms with E-state index in [1.165, 1.54) is 18.1 Å². The zero-order chi connectivity index (χ0) is 16.0. The molecule has 0 amide bonds. The Morgan fingerprint density at radius 1 is 1.48 bits per heavy atom. The summed E-state index contributed by atoms with van der Waals surface area (Å²) in [6.45, 7) is 9.28. The van der Waals surface area contributed by atoms with Crippen LogP contribution in [0.1, 0.15) is 53.9 Å². The first kappa shape index (κ1) is 16.0. The average Bonchev–Trinajstić information content (AvgIpc) is 2.45. The molecular weight excluding hydrogens is 270 g/mol. The highest BCUT2D eigenvalue weighted by atomic mass is 16.6. The molecule has 1 fully saturated rings. The van der Waals surface area contributed by atoms with Gasteiger partial charge in [0.2, 0.25) is 6.54 Å². The number of allylic oxidation sites excluding steroid dienone is 2. The van der Waals surface area contributed by atoms with Gasteiger partial charge in [-0.2, -0.15) is 0 Å². The first-order valence-corrected chi connectivity index (χ1v) is 7.54. The maximum atomic E-state index is 11.3. The fourth-order valence-corrected chi connectivity index (χ4v) is 4.86. The number of nitrogens with zero attached hydrogens (tertiary/aromatic N) is 1. The lowest BCUT2D eigenvalue weighted by Crippen LogP contribution is -2.54. The fraction of sp³-hybridized carbons (Fsp3) is 0.812. The van der Waals surface area contributed by atoms with Crippen molar-refractivity contribution >= 4 is 5.97 Å². The molecule has 21 heavy (non-hydrogen) atoms. The Bertz CT molecular complexity index is 508. The number of hydrogen-bond donors (Lipinski definition) is 0. The van der Waals surface area contributed by atoms with Gasteiger partial charge in [0.05, 0.1) is 0 Å². The standard InChI is InChI=1S/C16H25NO4/c1-10-6-13-7-16(9-17(19)20,14(13)11(10)2)8-15(4,5)21-12(3)18/h13-14H,6-9H2,1-5H3/t13-,14-,16-/m0/s1.